The molecule has 0 aliphatic heterocycles. The van der Waals surface area contributed by atoms with Gasteiger partial charge in [0.15, 0.2) is 11.5 Å². The number of carboxylic acids is 1. The third kappa shape index (κ3) is 5.68. The van der Waals surface area contributed by atoms with Crippen molar-refractivity contribution in [3.05, 3.63) is 46.9 Å². The summed E-state index contributed by atoms with van der Waals surface area (Å²) < 4.78 is 7.83. The van der Waals surface area contributed by atoms with Gasteiger partial charge in [-0.3, -0.25) is 9.89 Å². The van der Waals surface area contributed by atoms with Crippen molar-refractivity contribution < 1.29 is 14.6 Å². The van der Waals surface area contributed by atoms with E-state index < -0.39 is 5.97 Å². The van der Waals surface area contributed by atoms with Crippen LogP contribution in [0.1, 0.15) is 70.1 Å². The summed E-state index contributed by atoms with van der Waals surface area (Å²) in [4.78, 5) is 10.7. The highest BCUT2D eigenvalue weighted by Crippen LogP contribution is 2.26. The molecule has 0 bridgehead atoms. The van der Waals surface area contributed by atoms with Gasteiger partial charge >= 0.3 is 5.97 Å². The molecule has 0 aliphatic rings. The van der Waals surface area contributed by atoms with Crippen molar-refractivity contribution in [3.8, 4) is 5.75 Å². The Morgan fingerprint density at radius 2 is 1.94 bits per heavy atom. The zero-order chi connectivity index (χ0) is 23.5. The number of aromatic amines is 1. The normalized spacial score (nSPS) is 12.4. The highest BCUT2D eigenvalue weighted by atomic mass is 16.5. The van der Waals surface area contributed by atoms with Gasteiger partial charge in [-0.2, -0.15) is 0 Å². The monoisotopic (exact) mass is 441 g/mol. The molecule has 3 N–H and O–H groups in total. The van der Waals surface area contributed by atoms with Crippen molar-refractivity contribution in [2.24, 2.45) is 0 Å². The Kier molecular flexibility index (Phi) is 6.93. The number of benzene rings is 1. The average Bonchev–Trinajstić information content (AvgIpc) is 3.27. The maximum absolute atomic E-state index is 10.7. The van der Waals surface area contributed by atoms with Crippen molar-refractivity contribution >= 4 is 11.6 Å². The van der Waals surface area contributed by atoms with Crippen LogP contribution in [0.4, 0.5) is 0 Å². The van der Waals surface area contributed by atoms with Gasteiger partial charge in [-0.05, 0) is 19.4 Å². The van der Waals surface area contributed by atoms with Crippen LogP contribution in [-0.2, 0) is 22.2 Å². The molecule has 0 unspecified atom stereocenters. The Balaban J connectivity index is 1.67. The third-order valence-corrected chi connectivity index (χ3v) is 5.50. The van der Waals surface area contributed by atoms with E-state index >= 15 is 0 Å². The summed E-state index contributed by atoms with van der Waals surface area (Å²) in [6.07, 6.45) is 0.592. The van der Waals surface area contributed by atoms with E-state index in [1.165, 1.54) is 0 Å². The topological polar surface area (TPSA) is 105 Å². The lowest BCUT2D eigenvalue weighted by atomic mass is 9.92. The fourth-order valence-corrected chi connectivity index (χ4v) is 3.59. The largest absolute Gasteiger partial charge is 0.493 e. The zero-order valence-electron chi connectivity index (χ0n) is 20.0. The quantitative estimate of drug-likeness (QED) is 0.411. The van der Waals surface area contributed by atoms with Gasteiger partial charge in [-0.15, -0.1) is 10.2 Å². The van der Waals surface area contributed by atoms with Gasteiger partial charge in [-0.1, -0.05) is 52.3 Å². The molecule has 0 spiro atoms. The number of rotatable bonds is 10. The smallest absolute Gasteiger partial charge is 0.303 e. The Morgan fingerprint density at radius 1 is 1.19 bits per heavy atom. The number of aryl methyl sites for hydroxylation is 1. The van der Waals surface area contributed by atoms with Crippen LogP contribution in [0.15, 0.2) is 24.3 Å². The van der Waals surface area contributed by atoms with E-state index in [1.807, 2.05) is 23.6 Å². The minimum absolute atomic E-state index is 0.00635. The fraction of sp³-hybridized carbons (Fsp3) is 0.542. The number of aromatic nitrogens is 4. The summed E-state index contributed by atoms with van der Waals surface area (Å²) in [5, 5.41) is 24.6. The van der Waals surface area contributed by atoms with Crippen LogP contribution in [0, 0.1) is 6.92 Å². The highest BCUT2D eigenvalue weighted by Gasteiger charge is 2.28. The maximum atomic E-state index is 10.7. The summed E-state index contributed by atoms with van der Waals surface area (Å²) in [5.41, 5.74) is 3.90. The Morgan fingerprint density at radius 3 is 2.62 bits per heavy atom. The summed E-state index contributed by atoms with van der Waals surface area (Å²) in [7, 11) is 0. The summed E-state index contributed by atoms with van der Waals surface area (Å²) in [6, 6.07) is 8.11. The van der Waals surface area contributed by atoms with Crippen LogP contribution >= 0.6 is 0 Å². The number of nitrogens with one attached hydrogen (secondary N) is 2. The third-order valence-electron chi connectivity index (χ3n) is 5.50. The van der Waals surface area contributed by atoms with Crippen LogP contribution in [0.3, 0.4) is 0 Å². The molecule has 0 atom stereocenters. The molecule has 0 aliphatic carbocycles. The molecule has 0 saturated heterocycles. The first-order valence-corrected chi connectivity index (χ1v) is 11.1. The fourth-order valence-electron chi connectivity index (χ4n) is 3.59. The molecule has 0 fully saturated rings. The summed E-state index contributed by atoms with van der Waals surface area (Å²) in [6.45, 7) is 14.6. The van der Waals surface area contributed by atoms with Crippen molar-refractivity contribution in [1.29, 1.82) is 0 Å². The van der Waals surface area contributed by atoms with Gasteiger partial charge < -0.3 is 15.2 Å². The molecule has 0 radical (unpaired) electrons. The zero-order valence-corrected chi connectivity index (χ0v) is 20.0. The van der Waals surface area contributed by atoms with E-state index in [4.69, 9.17) is 9.84 Å². The molecule has 3 rings (SSSR count). The molecule has 2 heterocycles. The number of carbonyl (C=O) groups is 1. The van der Waals surface area contributed by atoms with Gasteiger partial charge in [-0.25, -0.2) is 4.52 Å². The van der Waals surface area contributed by atoms with E-state index in [1.54, 1.807) is 0 Å². The minimum atomic E-state index is -0.805. The van der Waals surface area contributed by atoms with Crippen LogP contribution in [0.2, 0.25) is 0 Å². The highest BCUT2D eigenvalue weighted by molar-refractivity contribution is 5.66. The molecular weight excluding hydrogens is 406 g/mol. The van der Waals surface area contributed by atoms with Crippen molar-refractivity contribution in [3.63, 3.8) is 0 Å². The number of hydrogen-bond acceptors (Lipinski definition) is 5. The van der Waals surface area contributed by atoms with Crippen molar-refractivity contribution in [2.45, 2.75) is 71.8 Å². The number of H-pyrrole nitrogens is 1. The van der Waals surface area contributed by atoms with Gasteiger partial charge in [0, 0.05) is 47.7 Å². The van der Waals surface area contributed by atoms with Crippen LogP contribution in [0.5, 0.6) is 5.75 Å². The number of aliphatic carboxylic acids is 1. The lowest BCUT2D eigenvalue weighted by Crippen LogP contribution is -2.34. The lowest BCUT2D eigenvalue weighted by Gasteiger charge is -2.23. The summed E-state index contributed by atoms with van der Waals surface area (Å²) in [5.74, 6) is 0.862. The average molecular weight is 442 g/mol. The Labute approximate surface area is 189 Å². The molecule has 1 aromatic carbocycles. The molecule has 0 amide bonds. The second kappa shape index (κ2) is 9.32. The molecule has 174 valence electrons. The first-order chi connectivity index (χ1) is 15.0. The second-order valence-electron chi connectivity index (χ2n) is 10.1. The molecule has 8 heteroatoms. The number of nitrogens with zero attached hydrogens (tertiary/aromatic N) is 3. The Hall–Kier alpha value is -2.87. The van der Waals surface area contributed by atoms with E-state index in [9.17, 15) is 4.79 Å². The summed E-state index contributed by atoms with van der Waals surface area (Å²) >= 11 is 0. The Bertz CT molecular complexity index is 1080. The number of ether oxygens (including phenoxy) is 1. The molecule has 8 nitrogen and oxygen atoms in total. The van der Waals surface area contributed by atoms with Crippen LogP contribution < -0.4 is 10.1 Å². The minimum Gasteiger partial charge on any atom is -0.493 e. The van der Waals surface area contributed by atoms with Gasteiger partial charge in [0.25, 0.3) is 0 Å². The SMILES string of the molecule is Cc1ccc(OCCCC(=O)O)c(CNCC(C)(C)c2nnc3cc(C(C)(C)C)[nH]n23)c1. The molecule has 0 saturated carbocycles. The lowest BCUT2D eigenvalue weighted by molar-refractivity contribution is -0.137. The van der Waals surface area contributed by atoms with Gasteiger partial charge in [0.1, 0.15) is 5.75 Å². The molecule has 32 heavy (non-hydrogen) atoms. The van der Waals surface area contributed by atoms with E-state index in [2.05, 4.69) is 67.4 Å². The van der Waals surface area contributed by atoms with Crippen molar-refractivity contribution in [1.82, 2.24) is 25.1 Å². The van der Waals surface area contributed by atoms with Crippen LogP contribution in [-0.4, -0.2) is 44.0 Å². The van der Waals surface area contributed by atoms with Crippen LogP contribution in [0.25, 0.3) is 5.65 Å². The predicted molar refractivity (Wildman–Crippen MR) is 124 cm³/mol. The standard InChI is InChI=1S/C24H35N5O3/c1-16-9-10-18(32-11-7-8-21(30)31)17(12-16)14-25-15-24(5,6)22-27-26-20-13-19(23(2,3)4)28-29(20)22/h9-10,12-13,25,28H,7-8,11,14-15H2,1-6H3,(H,30,31). The van der Waals surface area contributed by atoms with E-state index in [0.717, 1.165) is 34.0 Å². The van der Waals surface area contributed by atoms with E-state index in [-0.39, 0.29) is 17.3 Å². The maximum Gasteiger partial charge on any atom is 0.303 e. The second-order valence-corrected chi connectivity index (χ2v) is 10.1. The van der Waals surface area contributed by atoms with E-state index in [0.29, 0.717) is 26.1 Å². The van der Waals surface area contributed by atoms with Gasteiger partial charge in [0.05, 0.1) is 6.61 Å². The predicted octanol–water partition coefficient (Wildman–Crippen LogP) is 3.97. The first-order valence-electron chi connectivity index (χ1n) is 11.1. The number of hydrogen-bond donors (Lipinski definition) is 3. The molecule has 3 aromatic rings. The first kappa shape index (κ1) is 23.8. The van der Waals surface area contributed by atoms with Gasteiger partial charge in [0.2, 0.25) is 0 Å². The number of carboxylic acid groups (broad SMARTS) is 1. The number of fused-ring (bicyclic) bond motifs is 1. The molecular formula is C24H35N5O3. The van der Waals surface area contributed by atoms with Crippen molar-refractivity contribution in [2.75, 3.05) is 13.2 Å². The molecule has 2 aromatic heterocycles.